The minimum absolute atomic E-state index is 0.0153. The van der Waals surface area contributed by atoms with Gasteiger partial charge in [0.2, 0.25) is 15.9 Å². The van der Waals surface area contributed by atoms with Crippen molar-refractivity contribution in [2.45, 2.75) is 24.5 Å². The molecule has 1 amide bonds. The number of rotatable bonds is 5. The lowest BCUT2D eigenvalue weighted by molar-refractivity contribution is -0.127. The van der Waals surface area contributed by atoms with Crippen molar-refractivity contribution >= 4 is 15.9 Å². The van der Waals surface area contributed by atoms with Gasteiger partial charge < -0.3 is 10.6 Å². The summed E-state index contributed by atoms with van der Waals surface area (Å²) in [4.78, 5) is 12.9. The van der Waals surface area contributed by atoms with Crippen LogP contribution in [0.1, 0.15) is 19.3 Å². The number of hydrogen-bond acceptors (Lipinski definition) is 4. The normalized spacial score (nSPS) is 22.4. The molecule has 0 aromatic carbocycles. The van der Waals surface area contributed by atoms with Crippen LogP contribution < -0.4 is 10.9 Å². The van der Waals surface area contributed by atoms with E-state index in [1.165, 1.54) is 0 Å². The number of carbonyl (C=O) groups is 1. The molecule has 1 aliphatic heterocycles. The largest absolute Gasteiger partial charge is 0.341 e. The van der Waals surface area contributed by atoms with E-state index in [1.54, 1.807) is 4.90 Å². The average Bonchev–Trinajstić information content (AvgIpc) is 2.48. The predicted octanol–water partition coefficient (Wildman–Crippen LogP) is -1.39. The van der Waals surface area contributed by atoms with Crippen molar-refractivity contribution in [3.8, 4) is 0 Å². The van der Waals surface area contributed by atoms with E-state index in [2.05, 4.69) is 0 Å². The Morgan fingerprint density at radius 1 is 1.40 bits per heavy atom. The Hall–Kier alpha value is -0.660. The van der Waals surface area contributed by atoms with Gasteiger partial charge in [-0.15, -0.1) is 0 Å². The van der Waals surface area contributed by atoms with Gasteiger partial charge in [0, 0.05) is 19.5 Å². The molecule has 0 aromatic heterocycles. The van der Waals surface area contributed by atoms with Crippen molar-refractivity contribution in [3.05, 3.63) is 0 Å². The smallest absolute Gasteiger partial charge is 0.224 e. The fourth-order valence-electron chi connectivity index (χ4n) is 1.62. The van der Waals surface area contributed by atoms with Crippen LogP contribution in [-0.4, -0.2) is 44.1 Å². The highest BCUT2D eigenvalue weighted by molar-refractivity contribution is 7.89. The molecular formula is C8H17N3O3S. The van der Waals surface area contributed by atoms with Crippen LogP contribution >= 0.6 is 0 Å². The van der Waals surface area contributed by atoms with Crippen LogP contribution in [0.4, 0.5) is 0 Å². The van der Waals surface area contributed by atoms with Gasteiger partial charge in [0.1, 0.15) is 5.25 Å². The number of hydrogen-bond donors (Lipinski definition) is 2. The van der Waals surface area contributed by atoms with Crippen molar-refractivity contribution in [1.82, 2.24) is 4.90 Å². The highest BCUT2D eigenvalue weighted by atomic mass is 32.2. The summed E-state index contributed by atoms with van der Waals surface area (Å²) in [6.45, 7) is 1.38. The molecule has 1 saturated heterocycles. The Bertz CT molecular complexity index is 328. The lowest BCUT2D eigenvalue weighted by Crippen LogP contribution is -2.32. The van der Waals surface area contributed by atoms with E-state index in [4.69, 9.17) is 10.9 Å². The summed E-state index contributed by atoms with van der Waals surface area (Å²) >= 11 is 0. The fraction of sp³-hybridized carbons (Fsp3) is 0.875. The minimum Gasteiger partial charge on any atom is -0.341 e. The van der Waals surface area contributed by atoms with E-state index in [-0.39, 0.29) is 18.9 Å². The highest BCUT2D eigenvalue weighted by Crippen LogP contribution is 2.16. The Morgan fingerprint density at radius 3 is 2.53 bits per heavy atom. The summed E-state index contributed by atoms with van der Waals surface area (Å²) in [5.41, 5.74) is 5.33. The molecule has 6 nitrogen and oxygen atoms in total. The number of unbranched alkanes of at least 4 members (excludes halogenated alkanes) is 1. The molecule has 88 valence electrons. The van der Waals surface area contributed by atoms with Gasteiger partial charge in [0.05, 0.1) is 0 Å². The van der Waals surface area contributed by atoms with Gasteiger partial charge in [0.25, 0.3) is 0 Å². The number of likely N-dealkylation sites (tertiary alicyclic amines) is 1. The van der Waals surface area contributed by atoms with Crippen molar-refractivity contribution in [1.29, 1.82) is 0 Å². The van der Waals surface area contributed by atoms with Crippen LogP contribution in [0.5, 0.6) is 0 Å². The zero-order chi connectivity index (χ0) is 11.5. The van der Waals surface area contributed by atoms with Crippen LogP contribution in [0.3, 0.4) is 0 Å². The molecule has 0 aromatic rings. The third kappa shape index (κ3) is 3.44. The number of carbonyl (C=O) groups excluding carboxylic acids is 1. The maximum absolute atomic E-state index is 11.4. The molecule has 1 aliphatic rings. The molecular weight excluding hydrogens is 218 g/mol. The Balaban J connectivity index is 2.46. The number of sulfonamides is 1. The summed E-state index contributed by atoms with van der Waals surface area (Å²) in [5.74, 6) is -0.133. The number of amides is 1. The lowest BCUT2D eigenvalue weighted by Gasteiger charge is -2.15. The lowest BCUT2D eigenvalue weighted by atomic mass is 10.3. The maximum atomic E-state index is 11.4. The molecule has 15 heavy (non-hydrogen) atoms. The van der Waals surface area contributed by atoms with Crippen molar-refractivity contribution in [3.63, 3.8) is 0 Å². The Morgan fingerprint density at radius 2 is 2.07 bits per heavy atom. The van der Waals surface area contributed by atoms with E-state index in [9.17, 15) is 13.2 Å². The highest BCUT2D eigenvalue weighted by Gasteiger charge is 2.35. The second kappa shape index (κ2) is 4.91. The number of nitrogens with zero attached hydrogens (tertiary/aromatic N) is 1. The summed E-state index contributed by atoms with van der Waals surface area (Å²) in [6, 6.07) is 0. The molecule has 1 atom stereocenters. The zero-order valence-electron chi connectivity index (χ0n) is 8.55. The van der Waals surface area contributed by atoms with Crippen LogP contribution in [0.2, 0.25) is 0 Å². The molecule has 1 unspecified atom stereocenters. The van der Waals surface area contributed by atoms with Gasteiger partial charge in [-0.3, -0.25) is 4.79 Å². The SMILES string of the molecule is NCCCCN1CC(S(N)(=O)=O)CC1=O. The van der Waals surface area contributed by atoms with Crippen LogP contribution in [0.15, 0.2) is 0 Å². The summed E-state index contributed by atoms with van der Waals surface area (Å²) in [7, 11) is -3.59. The molecule has 0 bridgehead atoms. The van der Waals surface area contributed by atoms with E-state index in [0.29, 0.717) is 13.1 Å². The third-order valence-electron chi connectivity index (χ3n) is 2.53. The Kier molecular flexibility index (Phi) is 4.06. The Labute approximate surface area is 89.6 Å². The van der Waals surface area contributed by atoms with E-state index in [0.717, 1.165) is 12.8 Å². The van der Waals surface area contributed by atoms with Gasteiger partial charge in [0.15, 0.2) is 0 Å². The van der Waals surface area contributed by atoms with Crippen molar-refractivity contribution in [2.75, 3.05) is 19.6 Å². The quantitative estimate of drug-likeness (QED) is 0.572. The van der Waals surface area contributed by atoms with E-state index >= 15 is 0 Å². The standard InChI is InChI=1S/C8H17N3O3S/c9-3-1-2-4-11-6-7(5-8(11)12)15(10,13)14/h7H,1-6,9H2,(H2,10,13,14). The number of nitrogens with two attached hydrogens (primary N) is 2. The minimum atomic E-state index is -3.59. The molecule has 0 radical (unpaired) electrons. The second-order valence-electron chi connectivity index (χ2n) is 3.75. The van der Waals surface area contributed by atoms with Gasteiger partial charge in [-0.25, -0.2) is 13.6 Å². The first-order valence-corrected chi connectivity index (χ1v) is 6.55. The maximum Gasteiger partial charge on any atom is 0.224 e. The van der Waals surface area contributed by atoms with Gasteiger partial charge in [-0.2, -0.15) is 0 Å². The first-order valence-electron chi connectivity index (χ1n) is 4.94. The predicted molar refractivity (Wildman–Crippen MR) is 56.4 cm³/mol. The molecule has 1 fully saturated rings. The molecule has 0 saturated carbocycles. The van der Waals surface area contributed by atoms with Crippen LogP contribution in [-0.2, 0) is 14.8 Å². The van der Waals surface area contributed by atoms with Crippen molar-refractivity contribution in [2.24, 2.45) is 10.9 Å². The zero-order valence-corrected chi connectivity index (χ0v) is 9.37. The summed E-state index contributed by atoms with van der Waals surface area (Å²) in [6.07, 6.45) is 1.66. The molecule has 0 aliphatic carbocycles. The first-order chi connectivity index (χ1) is 6.95. The van der Waals surface area contributed by atoms with Gasteiger partial charge >= 0.3 is 0 Å². The van der Waals surface area contributed by atoms with Gasteiger partial charge in [-0.1, -0.05) is 0 Å². The second-order valence-corrected chi connectivity index (χ2v) is 5.60. The van der Waals surface area contributed by atoms with E-state index in [1.807, 2.05) is 0 Å². The topological polar surface area (TPSA) is 106 Å². The van der Waals surface area contributed by atoms with Crippen LogP contribution in [0.25, 0.3) is 0 Å². The summed E-state index contributed by atoms with van der Waals surface area (Å²) in [5, 5.41) is 4.26. The monoisotopic (exact) mass is 235 g/mol. The summed E-state index contributed by atoms with van der Waals surface area (Å²) < 4.78 is 22.1. The number of primary sulfonamides is 1. The van der Waals surface area contributed by atoms with E-state index < -0.39 is 15.3 Å². The molecule has 1 rings (SSSR count). The van der Waals surface area contributed by atoms with Gasteiger partial charge in [-0.05, 0) is 19.4 Å². The first kappa shape index (κ1) is 12.4. The third-order valence-corrected chi connectivity index (χ3v) is 3.77. The fourth-order valence-corrected chi connectivity index (χ4v) is 2.38. The van der Waals surface area contributed by atoms with Crippen LogP contribution in [0, 0.1) is 0 Å². The molecule has 1 heterocycles. The molecule has 0 spiro atoms. The van der Waals surface area contributed by atoms with Crippen molar-refractivity contribution < 1.29 is 13.2 Å². The average molecular weight is 235 g/mol. The molecule has 7 heteroatoms. The molecule has 4 N–H and O–H groups in total.